The highest BCUT2D eigenvalue weighted by Gasteiger charge is 2.19. The van der Waals surface area contributed by atoms with Gasteiger partial charge in [-0.3, -0.25) is 0 Å². The molecular weight excluding hydrogens is 164 g/mol. The van der Waals surface area contributed by atoms with Crippen LogP contribution in [0.3, 0.4) is 0 Å². The highest BCUT2D eigenvalue weighted by atomic mass is 16.4. The second-order valence-electron chi connectivity index (χ2n) is 3.73. The molecule has 1 saturated carbocycles. The summed E-state index contributed by atoms with van der Waals surface area (Å²) in [6, 6.07) is 0.775. The van der Waals surface area contributed by atoms with Crippen molar-refractivity contribution in [1.82, 2.24) is 10.3 Å². The van der Waals surface area contributed by atoms with Gasteiger partial charge in [-0.1, -0.05) is 0 Å². The average molecular weight is 180 g/mol. The lowest BCUT2D eigenvalue weighted by Crippen LogP contribution is -2.19. The second kappa shape index (κ2) is 3.50. The summed E-state index contributed by atoms with van der Waals surface area (Å²) in [5.41, 5.74) is 1.02. The molecule has 2 rings (SSSR count). The van der Waals surface area contributed by atoms with E-state index in [1.54, 1.807) is 0 Å². The van der Waals surface area contributed by atoms with Gasteiger partial charge in [-0.25, -0.2) is 4.98 Å². The third kappa shape index (κ3) is 2.31. The first kappa shape index (κ1) is 8.75. The zero-order valence-electron chi connectivity index (χ0n) is 8.26. The van der Waals surface area contributed by atoms with E-state index in [-0.39, 0.29) is 0 Å². The van der Waals surface area contributed by atoms with E-state index in [1.165, 1.54) is 12.8 Å². The van der Waals surface area contributed by atoms with Crippen LogP contribution >= 0.6 is 0 Å². The van der Waals surface area contributed by atoms with Crippen molar-refractivity contribution in [3.63, 3.8) is 0 Å². The van der Waals surface area contributed by atoms with Crippen molar-refractivity contribution in [1.29, 1.82) is 0 Å². The summed E-state index contributed by atoms with van der Waals surface area (Å²) in [5, 5.41) is 3.43. The Labute approximate surface area is 78.5 Å². The van der Waals surface area contributed by atoms with Crippen LogP contribution in [0.4, 0.5) is 0 Å². The summed E-state index contributed by atoms with van der Waals surface area (Å²) in [6.07, 6.45) is 3.58. The van der Waals surface area contributed by atoms with Crippen molar-refractivity contribution in [3.8, 4) is 0 Å². The molecule has 1 fully saturated rings. The van der Waals surface area contributed by atoms with Gasteiger partial charge in [-0.15, -0.1) is 0 Å². The van der Waals surface area contributed by atoms with E-state index in [0.717, 1.165) is 36.4 Å². The molecule has 1 aromatic heterocycles. The van der Waals surface area contributed by atoms with E-state index in [4.69, 9.17) is 4.42 Å². The van der Waals surface area contributed by atoms with E-state index < -0.39 is 0 Å². The Balaban J connectivity index is 1.79. The van der Waals surface area contributed by atoms with Gasteiger partial charge < -0.3 is 9.73 Å². The molecule has 1 aromatic rings. The van der Waals surface area contributed by atoms with E-state index in [0.29, 0.717) is 0 Å². The van der Waals surface area contributed by atoms with Gasteiger partial charge in [0, 0.05) is 19.0 Å². The van der Waals surface area contributed by atoms with Crippen LogP contribution in [0.1, 0.15) is 30.2 Å². The maximum absolute atomic E-state index is 5.47. The maximum Gasteiger partial charge on any atom is 0.195 e. The summed E-state index contributed by atoms with van der Waals surface area (Å²) < 4.78 is 5.47. The van der Waals surface area contributed by atoms with Crippen LogP contribution in [-0.2, 0) is 6.42 Å². The van der Waals surface area contributed by atoms with Gasteiger partial charge in [-0.2, -0.15) is 0 Å². The van der Waals surface area contributed by atoms with Gasteiger partial charge in [0.1, 0.15) is 5.76 Å². The molecular formula is C10H16N2O. The fourth-order valence-electron chi connectivity index (χ4n) is 1.32. The summed E-state index contributed by atoms with van der Waals surface area (Å²) in [4.78, 5) is 4.32. The molecule has 1 aliphatic carbocycles. The van der Waals surface area contributed by atoms with Crippen LogP contribution in [0.15, 0.2) is 4.42 Å². The molecule has 0 amide bonds. The molecule has 0 aliphatic heterocycles. The summed E-state index contributed by atoms with van der Waals surface area (Å²) in [7, 11) is 0. The largest absolute Gasteiger partial charge is 0.446 e. The first-order valence-electron chi connectivity index (χ1n) is 4.92. The Morgan fingerprint density at radius 1 is 1.46 bits per heavy atom. The van der Waals surface area contributed by atoms with Crippen molar-refractivity contribution < 1.29 is 4.42 Å². The van der Waals surface area contributed by atoms with E-state index in [9.17, 15) is 0 Å². The summed E-state index contributed by atoms with van der Waals surface area (Å²) in [5.74, 6) is 1.81. The lowest BCUT2D eigenvalue weighted by atomic mass is 10.4. The van der Waals surface area contributed by atoms with Crippen molar-refractivity contribution in [2.75, 3.05) is 6.54 Å². The van der Waals surface area contributed by atoms with Crippen LogP contribution in [-0.4, -0.2) is 17.6 Å². The monoisotopic (exact) mass is 180 g/mol. The number of rotatable bonds is 4. The number of nitrogens with one attached hydrogen (secondary N) is 1. The summed E-state index contributed by atoms with van der Waals surface area (Å²) >= 11 is 0. The molecule has 0 unspecified atom stereocenters. The van der Waals surface area contributed by atoms with Gasteiger partial charge in [0.25, 0.3) is 0 Å². The van der Waals surface area contributed by atoms with Crippen molar-refractivity contribution >= 4 is 0 Å². The van der Waals surface area contributed by atoms with Gasteiger partial charge in [0.15, 0.2) is 5.89 Å². The first-order valence-corrected chi connectivity index (χ1v) is 4.92. The highest BCUT2D eigenvalue weighted by molar-refractivity contribution is 5.05. The Bertz CT molecular complexity index is 270. The molecule has 0 atom stereocenters. The Kier molecular flexibility index (Phi) is 2.36. The molecule has 1 heterocycles. The number of hydrogen-bond donors (Lipinski definition) is 1. The molecule has 0 aromatic carbocycles. The maximum atomic E-state index is 5.47. The molecule has 3 heteroatoms. The minimum Gasteiger partial charge on any atom is -0.446 e. The highest BCUT2D eigenvalue weighted by Crippen LogP contribution is 2.18. The third-order valence-electron chi connectivity index (χ3n) is 2.42. The quantitative estimate of drug-likeness (QED) is 0.764. The number of oxazole rings is 1. The van der Waals surface area contributed by atoms with E-state index in [1.807, 2.05) is 13.8 Å². The first-order chi connectivity index (χ1) is 6.25. The van der Waals surface area contributed by atoms with E-state index >= 15 is 0 Å². The number of hydrogen-bond acceptors (Lipinski definition) is 3. The van der Waals surface area contributed by atoms with Crippen LogP contribution in [0.2, 0.25) is 0 Å². The fraction of sp³-hybridized carbons (Fsp3) is 0.700. The van der Waals surface area contributed by atoms with Crippen LogP contribution in [0.5, 0.6) is 0 Å². The topological polar surface area (TPSA) is 38.1 Å². The second-order valence-corrected chi connectivity index (χ2v) is 3.73. The van der Waals surface area contributed by atoms with Crippen LogP contribution < -0.4 is 5.32 Å². The number of nitrogens with zero attached hydrogens (tertiary/aromatic N) is 1. The minimum atomic E-state index is 0.775. The lowest BCUT2D eigenvalue weighted by Gasteiger charge is -1.97. The fourth-order valence-corrected chi connectivity index (χ4v) is 1.32. The van der Waals surface area contributed by atoms with Gasteiger partial charge >= 0.3 is 0 Å². The smallest absolute Gasteiger partial charge is 0.195 e. The van der Waals surface area contributed by atoms with Crippen molar-refractivity contribution in [3.05, 3.63) is 17.3 Å². The molecule has 0 spiro atoms. The predicted molar refractivity (Wildman–Crippen MR) is 50.7 cm³/mol. The Hall–Kier alpha value is -0.830. The van der Waals surface area contributed by atoms with Crippen LogP contribution in [0.25, 0.3) is 0 Å². The number of aromatic nitrogens is 1. The zero-order chi connectivity index (χ0) is 9.26. The molecule has 0 bridgehead atoms. The predicted octanol–water partition coefficient (Wildman–Crippen LogP) is 1.59. The van der Waals surface area contributed by atoms with Gasteiger partial charge in [0.05, 0.1) is 5.69 Å². The standard InChI is InChI=1S/C10H16N2O/c1-7-8(2)13-10(12-7)5-6-11-9-3-4-9/h9,11H,3-6H2,1-2H3. The van der Waals surface area contributed by atoms with E-state index in [2.05, 4.69) is 10.3 Å². The molecule has 1 aliphatic rings. The molecule has 0 saturated heterocycles. The number of aryl methyl sites for hydroxylation is 2. The molecule has 72 valence electrons. The van der Waals surface area contributed by atoms with Crippen LogP contribution in [0, 0.1) is 13.8 Å². The van der Waals surface area contributed by atoms with Gasteiger partial charge in [-0.05, 0) is 26.7 Å². The third-order valence-corrected chi connectivity index (χ3v) is 2.42. The average Bonchev–Trinajstić information content (AvgIpc) is 2.82. The van der Waals surface area contributed by atoms with Gasteiger partial charge in [0.2, 0.25) is 0 Å². The molecule has 1 N–H and O–H groups in total. The lowest BCUT2D eigenvalue weighted by molar-refractivity contribution is 0.462. The SMILES string of the molecule is Cc1nc(CCNC2CC2)oc1C. The molecule has 13 heavy (non-hydrogen) atoms. The summed E-state index contributed by atoms with van der Waals surface area (Å²) in [6.45, 7) is 4.93. The van der Waals surface area contributed by atoms with Crippen molar-refractivity contribution in [2.24, 2.45) is 0 Å². The minimum absolute atomic E-state index is 0.775. The Morgan fingerprint density at radius 3 is 2.77 bits per heavy atom. The molecule has 0 radical (unpaired) electrons. The normalized spacial score (nSPS) is 16.5. The Morgan fingerprint density at radius 2 is 2.23 bits per heavy atom. The zero-order valence-corrected chi connectivity index (χ0v) is 8.26. The van der Waals surface area contributed by atoms with Crippen molar-refractivity contribution in [2.45, 2.75) is 39.2 Å². The molecule has 3 nitrogen and oxygen atoms in total.